The number of carbonyl (C=O) groups is 1. The van der Waals surface area contributed by atoms with Gasteiger partial charge in [0.1, 0.15) is 11.9 Å². The molecule has 0 aromatic heterocycles. The predicted molar refractivity (Wildman–Crippen MR) is 111 cm³/mol. The zero-order valence-electron chi connectivity index (χ0n) is 15.6. The number of amides is 1. The molecule has 9 heteroatoms. The van der Waals surface area contributed by atoms with Gasteiger partial charge < -0.3 is 5.32 Å². The summed E-state index contributed by atoms with van der Waals surface area (Å²) in [5, 5.41) is 3.31. The lowest BCUT2D eigenvalue weighted by Gasteiger charge is -2.30. The number of anilines is 1. The van der Waals surface area contributed by atoms with Crippen molar-refractivity contribution >= 4 is 45.0 Å². The molecule has 0 bridgehead atoms. The first-order valence-electron chi connectivity index (χ1n) is 9.07. The van der Waals surface area contributed by atoms with E-state index in [0.717, 1.165) is 22.4 Å². The first-order valence-corrected chi connectivity index (χ1v) is 12.3. The standard InChI is InChI=1S/C18H26ClFN2O3S2/c1-3-17(18(23)21-10-11-26-14-6-4-5-7-14)22(27(2,24)25)13-8-9-16(20)15(19)12-13/h8-9,12,14,17H,3-7,10-11H2,1-2H3,(H,21,23). The van der Waals surface area contributed by atoms with E-state index in [1.807, 2.05) is 11.8 Å². The molecule has 1 atom stereocenters. The molecule has 1 fully saturated rings. The van der Waals surface area contributed by atoms with Crippen LogP contribution in [0.3, 0.4) is 0 Å². The van der Waals surface area contributed by atoms with Crippen molar-refractivity contribution in [3.05, 3.63) is 29.0 Å². The van der Waals surface area contributed by atoms with E-state index in [1.54, 1.807) is 6.92 Å². The third kappa shape index (κ3) is 6.26. The minimum atomic E-state index is -3.76. The first-order chi connectivity index (χ1) is 12.7. The molecule has 0 spiro atoms. The lowest BCUT2D eigenvalue weighted by Crippen LogP contribution is -2.49. The van der Waals surface area contributed by atoms with Crippen molar-refractivity contribution in [3.8, 4) is 0 Å². The number of rotatable bonds is 9. The van der Waals surface area contributed by atoms with Crippen LogP contribution >= 0.6 is 23.4 Å². The molecule has 2 rings (SSSR count). The molecule has 1 saturated carbocycles. The number of nitrogens with zero attached hydrogens (tertiary/aromatic N) is 1. The number of halogens is 2. The van der Waals surface area contributed by atoms with Gasteiger partial charge >= 0.3 is 0 Å². The number of nitrogens with one attached hydrogen (secondary N) is 1. The molecule has 5 nitrogen and oxygen atoms in total. The summed E-state index contributed by atoms with van der Waals surface area (Å²) in [5.74, 6) is -0.209. The summed E-state index contributed by atoms with van der Waals surface area (Å²) < 4.78 is 39.1. The normalized spacial score (nSPS) is 16.3. The summed E-state index contributed by atoms with van der Waals surface area (Å²) in [7, 11) is -3.76. The Bertz CT molecular complexity index is 755. The van der Waals surface area contributed by atoms with Gasteiger partial charge in [0.25, 0.3) is 0 Å². The highest BCUT2D eigenvalue weighted by atomic mass is 35.5. The van der Waals surface area contributed by atoms with E-state index in [-0.39, 0.29) is 23.0 Å². The second kappa shape index (κ2) is 9.98. The Labute approximate surface area is 170 Å². The van der Waals surface area contributed by atoms with Crippen LogP contribution in [0.25, 0.3) is 0 Å². The van der Waals surface area contributed by atoms with E-state index in [0.29, 0.717) is 11.8 Å². The highest BCUT2D eigenvalue weighted by molar-refractivity contribution is 7.99. The van der Waals surface area contributed by atoms with Crippen LogP contribution in [0.5, 0.6) is 0 Å². The van der Waals surface area contributed by atoms with Gasteiger partial charge in [-0.15, -0.1) is 0 Å². The van der Waals surface area contributed by atoms with E-state index < -0.39 is 21.9 Å². The number of hydrogen-bond acceptors (Lipinski definition) is 4. The summed E-state index contributed by atoms with van der Waals surface area (Å²) in [6, 6.07) is 2.72. The van der Waals surface area contributed by atoms with Crippen LogP contribution in [0.15, 0.2) is 18.2 Å². The Kier molecular flexibility index (Phi) is 8.24. The molecular weight excluding hydrogens is 411 g/mol. The molecule has 1 aromatic rings. The minimum absolute atomic E-state index is 0.172. The fraction of sp³-hybridized carbons (Fsp3) is 0.611. The van der Waals surface area contributed by atoms with Gasteiger partial charge in [-0.2, -0.15) is 11.8 Å². The Balaban J connectivity index is 2.07. The number of sulfonamides is 1. The van der Waals surface area contributed by atoms with E-state index in [1.165, 1.54) is 37.8 Å². The zero-order chi connectivity index (χ0) is 20.0. The summed E-state index contributed by atoms with van der Waals surface area (Å²) in [5.41, 5.74) is 0.172. The van der Waals surface area contributed by atoms with Crippen molar-refractivity contribution in [2.75, 3.05) is 22.9 Å². The lowest BCUT2D eigenvalue weighted by molar-refractivity contribution is -0.122. The third-order valence-corrected chi connectivity index (χ3v) is 7.40. The van der Waals surface area contributed by atoms with Crippen molar-refractivity contribution in [1.82, 2.24) is 5.32 Å². The van der Waals surface area contributed by atoms with Gasteiger partial charge in [0.15, 0.2) is 0 Å². The molecule has 152 valence electrons. The predicted octanol–water partition coefficient (Wildman–Crippen LogP) is 3.82. The number of benzene rings is 1. The maximum Gasteiger partial charge on any atom is 0.243 e. The average Bonchev–Trinajstić information content (AvgIpc) is 3.11. The quantitative estimate of drug-likeness (QED) is 0.597. The van der Waals surface area contributed by atoms with E-state index in [4.69, 9.17) is 11.6 Å². The van der Waals surface area contributed by atoms with E-state index in [2.05, 4.69) is 5.32 Å². The number of hydrogen-bond donors (Lipinski definition) is 1. The van der Waals surface area contributed by atoms with Crippen LogP contribution in [0.4, 0.5) is 10.1 Å². The van der Waals surface area contributed by atoms with Crippen molar-refractivity contribution in [2.24, 2.45) is 0 Å². The topological polar surface area (TPSA) is 66.5 Å². The van der Waals surface area contributed by atoms with Crippen molar-refractivity contribution < 1.29 is 17.6 Å². The maximum atomic E-state index is 13.5. The zero-order valence-corrected chi connectivity index (χ0v) is 18.0. The Morgan fingerprint density at radius 3 is 2.63 bits per heavy atom. The van der Waals surface area contributed by atoms with Gasteiger partial charge in [0, 0.05) is 17.5 Å². The lowest BCUT2D eigenvalue weighted by atomic mass is 10.2. The SMILES string of the molecule is CCC(C(=O)NCCSC1CCCC1)N(c1ccc(F)c(Cl)c1)S(C)(=O)=O. The number of carbonyl (C=O) groups excluding carboxylic acids is 1. The highest BCUT2D eigenvalue weighted by Gasteiger charge is 2.31. The average molecular weight is 437 g/mol. The molecule has 1 aromatic carbocycles. The molecule has 1 aliphatic rings. The molecule has 0 radical (unpaired) electrons. The summed E-state index contributed by atoms with van der Waals surface area (Å²) >= 11 is 7.65. The van der Waals surface area contributed by atoms with E-state index >= 15 is 0 Å². The molecule has 1 unspecified atom stereocenters. The minimum Gasteiger partial charge on any atom is -0.353 e. The first kappa shape index (κ1) is 22.3. The van der Waals surface area contributed by atoms with Crippen LogP contribution in [0.2, 0.25) is 5.02 Å². The van der Waals surface area contributed by atoms with Crippen LogP contribution in [-0.4, -0.2) is 44.2 Å². The van der Waals surface area contributed by atoms with Crippen molar-refractivity contribution in [3.63, 3.8) is 0 Å². The molecular formula is C18H26ClFN2O3S2. The van der Waals surface area contributed by atoms with Crippen LogP contribution < -0.4 is 9.62 Å². The largest absolute Gasteiger partial charge is 0.353 e. The van der Waals surface area contributed by atoms with Crippen LogP contribution in [0.1, 0.15) is 39.0 Å². The summed E-state index contributed by atoms with van der Waals surface area (Å²) in [6.45, 7) is 2.22. The van der Waals surface area contributed by atoms with Gasteiger partial charge in [-0.25, -0.2) is 12.8 Å². The summed E-state index contributed by atoms with van der Waals surface area (Å²) in [4.78, 5) is 12.7. The fourth-order valence-electron chi connectivity index (χ4n) is 3.26. The van der Waals surface area contributed by atoms with E-state index in [9.17, 15) is 17.6 Å². The molecule has 0 saturated heterocycles. The Hall–Kier alpha value is -0.990. The Morgan fingerprint density at radius 2 is 2.07 bits per heavy atom. The van der Waals surface area contributed by atoms with Gasteiger partial charge in [-0.3, -0.25) is 9.10 Å². The van der Waals surface area contributed by atoms with Crippen molar-refractivity contribution in [2.45, 2.75) is 50.3 Å². The molecule has 1 N–H and O–H groups in total. The second-order valence-corrected chi connectivity index (χ2v) is 10.3. The van der Waals surface area contributed by atoms with Gasteiger partial charge in [0.05, 0.1) is 17.0 Å². The van der Waals surface area contributed by atoms with Crippen LogP contribution in [-0.2, 0) is 14.8 Å². The van der Waals surface area contributed by atoms with Gasteiger partial charge in [-0.1, -0.05) is 31.4 Å². The van der Waals surface area contributed by atoms with Gasteiger partial charge in [-0.05, 0) is 37.5 Å². The van der Waals surface area contributed by atoms with Crippen LogP contribution in [0, 0.1) is 5.82 Å². The number of thioether (sulfide) groups is 1. The fourth-order valence-corrected chi connectivity index (χ4v) is 5.85. The molecule has 1 amide bonds. The molecule has 0 aliphatic heterocycles. The Morgan fingerprint density at radius 1 is 1.41 bits per heavy atom. The third-order valence-electron chi connectivity index (χ3n) is 4.54. The second-order valence-electron chi connectivity index (χ2n) is 6.65. The molecule has 0 heterocycles. The highest BCUT2D eigenvalue weighted by Crippen LogP contribution is 2.29. The van der Waals surface area contributed by atoms with Crippen molar-refractivity contribution in [1.29, 1.82) is 0 Å². The molecule has 27 heavy (non-hydrogen) atoms. The smallest absolute Gasteiger partial charge is 0.243 e. The molecule has 1 aliphatic carbocycles. The van der Waals surface area contributed by atoms with Gasteiger partial charge in [0.2, 0.25) is 15.9 Å². The maximum absolute atomic E-state index is 13.5. The monoisotopic (exact) mass is 436 g/mol. The summed E-state index contributed by atoms with van der Waals surface area (Å²) in [6.07, 6.45) is 6.30.